The molecule has 0 fully saturated rings. The first-order valence-electron chi connectivity index (χ1n) is 7.65. The van der Waals surface area contributed by atoms with Crippen LogP contribution >= 0.6 is 0 Å². The lowest BCUT2D eigenvalue weighted by Gasteiger charge is -2.26. The second kappa shape index (κ2) is 5.86. The van der Waals surface area contributed by atoms with E-state index in [1.807, 2.05) is 38.1 Å². The fourth-order valence-corrected chi connectivity index (χ4v) is 4.35. The molecule has 0 saturated heterocycles. The van der Waals surface area contributed by atoms with Crippen LogP contribution in [0.15, 0.2) is 47.4 Å². The minimum Gasteiger partial charge on any atom is -0.207 e. The SMILES string of the molecule is Cc1ccc(S(=O)(=O)N[C@@H]2CCCc3ccccc32)cc1C. The molecule has 2 aromatic carbocycles. The zero-order chi connectivity index (χ0) is 15.7. The summed E-state index contributed by atoms with van der Waals surface area (Å²) in [6.07, 6.45) is 2.89. The van der Waals surface area contributed by atoms with E-state index < -0.39 is 10.0 Å². The van der Waals surface area contributed by atoms with Gasteiger partial charge in [-0.3, -0.25) is 0 Å². The van der Waals surface area contributed by atoms with Crippen LogP contribution in [-0.4, -0.2) is 8.42 Å². The van der Waals surface area contributed by atoms with Crippen LogP contribution in [0.1, 0.15) is 41.1 Å². The Morgan fingerprint density at radius 3 is 2.59 bits per heavy atom. The molecule has 0 bridgehead atoms. The fraction of sp³-hybridized carbons (Fsp3) is 0.333. The summed E-state index contributed by atoms with van der Waals surface area (Å²) < 4.78 is 28.2. The number of fused-ring (bicyclic) bond motifs is 1. The first kappa shape index (κ1) is 15.3. The van der Waals surface area contributed by atoms with Crippen molar-refractivity contribution in [3.05, 3.63) is 64.7 Å². The molecule has 0 spiro atoms. The first-order valence-corrected chi connectivity index (χ1v) is 9.13. The topological polar surface area (TPSA) is 46.2 Å². The van der Waals surface area contributed by atoms with Crippen molar-refractivity contribution in [3.63, 3.8) is 0 Å². The maximum Gasteiger partial charge on any atom is 0.241 e. The molecule has 0 unspecified atom stereocenters. The molecule has 0 heterocycles. The van der Waals surface area contributed by atoms with E-state index in [-0.39, 0.29) is 6.04 Å². The van der Waals surface area contributed by atoms with Gasteiger partial charge in [-0.25, -0.2) is 13.1 Å². The van der Waals surface area contributed by atoms with Crippen molar-refractivity contribution in [2.24, 2.45) is 0 Å². The van der Waals surface area contributed by atoms with E-state index in [9.17, 15) is 8.42 Å². The van der Waals surface area contributed by atoms with Crippen molar-refractivity contribution in [2.45, 2.75) is 44.0 Å². The molecule has 0 saturated carbocycles. The molecule has 0 amide bonds. The zero-order valence-electron chi connectivity index (χ0n) is 13.0. The van der Waals surface area contributed by atoms with Crippen LogP contribution in [0.5, 0.6) is 0 Å². The largest absolute Gasteiger partial charge is 0.241 e. The summed E-state index contributed by atoms with van der Waals surface area (Å²) in [6, 6.07) is 13.3. The van der Waals surface area contributed by atoms with Crippen LogP contribution in [0.2, 0.25) is 0 Å². The van der Waals surface area contributed by atoms with Crippen LogP contribution in [0.3, 0.4) is 0 Å². The molecule has 3 rings (SSSR count). The fourth-order valence-electron chi connectivity index (χ4n) is 3.01. The Bertz CT molecular complexity index is 796. The highest BCUT2D eigenvalue weighted by Gasteiger charge is 2.25. The van der Waals surface area contributed by atoms with Gasteiger partial charge in [0.2, 0.25) is 10.0 Å². The Morgan fingerprint density at radius 2 is 1.82 bits per heavy atom. The van der Waals surface area contributed by atoms with Crippen molar-refractivity contribution >= 4 is 10.0 Å². The van der Waals surface area contributed by atoms with Crippen molar-refractivity contribution < 1.29 is 8.42 Å². The van der Waals surface area contributed by atoms with E-state index >= 15 is 0 Å². The Morgan fingerprint density at radius 1 is 1.05 bits per heavy atom. The van der Waals surface area contributed by atoms with Crippen molar-refractivity contribution in [2.75, 3.05) is 0 Å². The molecule has 0 aliphatic heterocycles. The summed E-state index contributed by atoms with van der Waals surface area (Å²) >= 11 is 0. The molecule has 0 radical (unpaired) electrons. The molecular weight excluding hydrogens is 294 g/mol. The predicted molar refractivity (Wildman–Crippen MR) is 88.4 cm³/mol. The lowest BCUT2D eigenvalue weighted by atomic mass is 9.88. The molecule has 4 heteroatoms. The van der Waals surface area contributed by atoms with Crippen molar-refractivity contribution in [1.29, 1.82) is 0 Å². The molecule has 1 N–H and O–H groups in total. The number of benzene rings is 2. The van der Waals surface area contributed by atoms with Gasteiger partial charge in [0.15, 0.2) is 0 Å². The molecular formula is C18H21NO2S. The minimum atomic E-state index is -3.49. The van der Waals surface area contributed by atoms with Crippen LogP contribution in [0.4, 0.5) is 0 Å². The summed E-state index contributed by atoms with van der Waals surface area (Å²) in [5.74, 6) is 0. The van der Waals surface area contributed by atoms with E-state index in [4.69, 9.17) is 0 Å². The third-order valence-electron chi connectivity index (χ3n) is 4.46. The molecule has 116 valence electrons. The number of hydrogen-bond acceptors (Lipinski definition) is 2. The summed E-state index contributed by atoms with van der Waals surface area (Å²) in [7, 11) is -3.49. The van der Waals surface area contributed by atoms with Crippen LogP contribution in [0.25, 0.3) is 0 Å². The Labute approximate surface area is 132 Å². The smallest absolute Gasteiger partial charge is 0.207 e. The van der Waals surface area contributed by atoms with Gasteiger partial charge in [-0.2, -0.15) is 0 Å². The Hall–Kier alpha value is -1.65. The molecule has 1 atom stereocenters. The average Bonchev–Trinajstić information content (AvgIpc) is 2.50. The number of rotatable bonds is 3. The Kier molecular flexibility index (Phi) is 4.06. The number of sulfonamides is 1. The summed E-state index contributed by atoms with van der Waals surface area (Å²) in [6.45, 7) is 3.92. The minimum absolute atomic E-state index is 0.128. The molecule has 2 aromatic rings. The van der Waals surface area contributed by atoms with E-state index in [2.05, 4.69) is 10.8 Å². The molecule has 22 heavy (non-hydrogen) atoms. The van der Waals surface area contributed by atoms with Gasteiger partial charge >= 0.3 is 0 Å². The summed E-state index contributed by atoms with van der Waals surface area (Å²) in [4.78, 5) is 0.346. The van der Waals surface area contributed by atoms with Gasteiger partial charge in [-0.05, 0) is 67.5 Å². The number of aryl methyl sites for hydroxylation is 3. The standard InChI is InChI=1S/C18H21NO2S/c1-13-10-11-16(12-14(13)2)22(20,21)19-18-9-5-7-15-6-3-4-8-17(15)18/h3-4,6,8,10-12,18-19H,5,7,9H2,1-2H3/t18-/m1/s1. The molecule has 1 aliphatic carbocycles. The van der Waals surface area contributed by atoms with Gasteiger partial charge < -0.3 is 0 Å². The third-order valence-corrected chi connectivity index (χ3v) is 5.92. The van der Waals surface area contributed by atoms with E-state index in [0.29, 0.717) is 4.90 Å². The highest BCUT2D eigenvalue weighted by Crippen LogP contribution is 2.31. The molecule has 3 nitrogen and oxygen atoms in total. The van der Waals surface area contributed by atoms with E-state index in [1.54, 1.807) is 12.1 Å². The second-order valence-electron chi connectivity index (χ2n) is 6.01. The van der Waals surface area contributed by atoms with Crippen LogP contribution in [-0.2, 0) is 16.4 Å². The number of hydrogen-bond donors (Lipinski definition) is 1. The monoisotopic (exact) mass is 315 g/mol. The van der Waals surface area contributed by atoms with Crippen molar-refractivity contribution in [3.8, 4) is 0 Å². The second-order valence-corrected chi connectivity index (χ2v) is 7.72. The van der Waals surface area contributed by atoms with Gasteiger partial charge in [0.25, 0.3) is 0 Å². The van der Waals surface area contributed by atoms with Crippen LogP contribution in [0, 0.1) is 13.8 Å². The quantitative estimate of drug-likeness (QED) is 0.939. The van der Waals surface area contributed by atoms with Gasteiger partial charge in [-0.15, -0.1) is 0 Å². The van der Waals surface area contributed by atoms with Gasteiger partial charge in [0.05, 0.1) is 4.90 Å². The average molecular weight is 315 g/mol. The lowest BCUT2D eigenvalue weighted by molar-refractivity contribution is 0.507. The van der Waals surface area contributed by atoms with Gasteiger partial charge in [-0.1, -0.05) is 30.3 Å². The molecule has 0 aromatic heterocycles. The maximum absolute atomic E-state index is 12.7. The van der Waals surface area contributed by atoms with Crippen LogP contribution < -0.4 is 4.72 Å². The maximum atomic E-state index is 12.7. The van der Waals surface area contributed by atoms with Crippen molar-refractivity contribution in [1.82, 2.24) is 4.72 Å². The van der Waals surface area contributed by atoms with Gasteiger partial charge in [0, 0.05) is 6.04 Å². The Balaban J connectivity index is 1.91. The summed E-state index contributed by atoms with van der Waals surface area (Å²) in [5, 5.41) is 0. The molecule has 1 aliphatic rings. The van der Waals surface area contributed by atoms with E-state index in [1.165, 1.54) is 5.56 Å². The normalized spacial score (nSPS) is 18.0. The predicted octanol–water partition coefficient (Wildman–Crippen LogP) is 3.66. The number of nitrogens with one attached hydrogen (secondary N) is 1. The highest BCUT2D eigenvalue weighted by atomic mass is 32.2. The first-order chi connectivity index (χ1) is 10.5. The van der Waals surface area contributed by atoms with Gasteiger partial charge in [0.1, 0.15) is 0 Å². The third kappa shape index (κ3) is 2.94. The highest BCUT2D eigenvalue weighted by molar-refractivity contribution is 7.89. The van der Waals surface area contributed by atoms with E-state index in [0.717, 1.165) is 36.0 Å². The zero-order valence-corrected chi connectivity index (χ0v) is 13.8. The lowest BCUT2D eigenvalue weighted by Crippen LogP contribution is -2.31. The summed E-state index contributed by atoms with van der Waals surface area (Å²) in [5.41, 5.74) is 4.46.